The second kappa shape index (κ2) is 7.09. The lowest BCUT2D eigenvalue weighted by Gasteiger charge is -2.07. The summed E-state index contributed by atoms with van der Waals surface area (Å²) >= 11 is 0. The minimum Gasteiger partial charge on any atom is -0.476 e. The Kier molecular flexibility index (Phi) is 5.45. The van der Waals surface area contributed by atoms with Crippen molar-refractivity contribution in [2.45, 2.75) is 13.3 Å². The zero-order chi connectivity index (χ0) is 14.3. The van der Waals surface area contributed by atoms with Crippen LogP contribution in [0.25, 0.3) is 0 Å². The smallest absolute Gasteiger partial charge is 0.372 e. The van der Waals surface area contributed by atoms with Crippen molar-refractivity contribution in [3.63, 3.8) is 0 Å². The van der Waals surface area contributed by atoms with Gasteiger partial charge in [0.15, 0.2) is 0 Å². The number of nitrogens with zero attached hydrogens (tertiary/aromatic N) is 3. The van der Waals surface area contributed by atoms with Crippen LogP contribution in [-0.4, -0.2) is 41.1 Å². The molecular formula is C10H14N4O5. The maximum absolute atomic E-state index is 11.1. The van der Waals surface area contributed by atoms with Gasteiger partial charge in [-0.1, -0.05) is 0 Å². The van der Waals surface area contributed by atoms with Gasteiger partial charge in [-0.05, 0) is 6.92 Å². The number of hydrogen-bond donors (Lipinski definition) is 1. The van der Waals surface area contributed by atoms with Crippen molar-refractivity contribution in [3.8, 4) is 5.88 Å². The molecule has 0 fully saturated rings. The van der Waals surface area contributed by atoms with E-state index in [1.54, 1.807) is 6.92 Å². The van der Waals surface area contributed by atoms with Gasteiger partial charge in [0.2, 0.25) is 5.82 Å². The molecule has 104 valence electrons. The van der Waals surface area contributed by atoms with E-state index in [4.69, 9.17) is 9.47 Å². The molecule has 1 aromatic heterocycles. The summed E-state index contributed by atoms with van der Waals surface area (Å²) in [7, 11) is 1.28. The Labute approximate surface area is 109 Å². The molecule has 0 amide bonds. The summed E-state index contributed by atoms with van der Waals surface area (Å²) in [6, 6.07) is 0. The number of ether oxygens (including phenoxy) is 2. The number of carbonyl (C=O) groups is 1. The van der Waals surface area contributed by atoms with E-state index >= 15 is 0 Å². The van der Waals surface area contributed by atoms with Gasteiger partial charge in [-0.2, -0.15) is 4.98 Å². The van der Waals surface area contributed by atoms with Crippen molar-refractivity contribution in [3.05, 3.63) is 16.4 Å². The summed E-state index contributed by atoms with van der Waals surface area (Å²) in [4.78, 5) is 28.8. The van der Waals surface area contributed by atoms with E-state index < -0.39 is 10.9 Å². The van der Waals surface area contributed by atoms with Crippen LogP contribution >= 0.6 is 0 Å². The van der Waals surface area contributed by atoms with Crippen LogP contribution in [0, 0.1) is 10.1 Å². The summed E-state index contributed by atoms with van der Waals surface area (Å²) in [5, 5.41) is 13.6. The Balaban J connectivity index is 2.73. The molecule has 1 N–H and O–H groups in total. The van der Waals surface area contributed by atoms with Crippen LogP contribution in [0.3, 0.4) is 0 Å². The minimum atomic E-state index is -0.647. The molecular weight excluding hydrogens is 256 g/mol. The fourth-order valence-corrected chi connectivity index (χ4v) is 1.32. The van der Waals surface area contributed by atoms with Crippen molar-refractivity contribution >= 4 is 17.5 Å². The lowest BCUT2D eigenvalue weighted by Crippen LogP contribution is -2.13. The lowest BCUT2D eigenvalue weighted by molar-refractivity contribution is -0.385. The molecule has 0 saturated carbocycles. The monoisotopic (exact) mass is 270 g/mol. The number of carbonyl (C=O) groups excluding carboxylic acids is 1. The molecule has 9 heteroatoms. The summed E-state index contributed by atoms with van der Waals surface area (Å²) in [6.07, 6.45) is 1.22. The van der Waals surface area contributed by atoms with Crippen LogP contribution in [0.5, 0.6) is 5.88 Å². The highest BCUT2D eigenvalue weighted by Crippen LogP contribution is 2.30. The number of hydrogen-bond acceptors (Lipinski definition) is 8. The van der Waals surface area contributed by atoms with Gasteiger partial charge in [0.25, 0.3) is 5.88 Å². The first kappa shape index (κ1) is 14.6. The number of rotatable bonds is 7. The quantitative estimate of drug-likeness (QED) is 0.438. The molecule has 1 rings (SSSR count). The second-order valence-corrected chi connectivity index (χ2v) is 3.32. The van der Waals surface area contributed by atoms with Gasteiger partial charge in [-0.15, -0.1) is 0 Å². The molecule has 0 saturated heterocycles. The van der Waals surface area contributed by atoms with E-state index in [2.05, 4.69) is 15.3 Å². The normalized spacial score (nSPS) is 9.79. The topological polar surface area (TPSA) is 116 Å². The predicted molar refractivity (Wildman–Crippen MR) is 65.0 cm³/mol. The zero-order valence-corrected chi connectivity index (χ0v) is 10.6. The van der Waals surface area contributed by atoms with Crippen molar-refractivity contribution in [1.29, 1.82) is 0 Å². The summed E-state index contributed by atoms with van der Waals surface area (Å²) in [6.45, 7) is 2.16. The molecule has 0 aromatic carbocycles. The fraction of sp³-hybridized carbons (Fsp3) is 0.500. The summed E-state index contributed by atoms with van der Waals surface area (Å²) < 4.78 is 9.52. The number of methoxy groups -OCH3 is 1. The first-order valence-electron chi connectivity index (χ1n) is 5.53. The van der Waals surface area contributed by atoms with Crippen LogP contribution in [0.2, 0.25) is 0 Å². The van der Waals surface area contributed by atoms with Crippen molar-refractivity contribution in [1.82, 2.24) is 9.97 Å². The van der Waals surface area contributed by atoms with Gasteiger partial charge >= 0.3 is 11.7 Å². The molecule has 0 spiro atoms. The van der Waals surface area contributed by atoms with E-state index in [-0.39, 0.29) is 30.4 Å². The first-order chi connectivity index (χ1) is 9.10. The van der Waals surface area contributed by atoms with Crippen molar-refractivity contribution in [2.75, 3.05) is 25.6 Å². The molecule has 9 nitrogen and oxygen atoms in total. The van der Waals surface area contributed by atoms with Gasteiger partial charge in [-0.3, -0.25) is 14.9 Å². The first-order valence-corrected chi connectivity index (χ1v) is 5.53. The Bertz CT molecular complexity index is 465. The maximum Gasteiger partial charge on any atom is 0.372 e. The molecule has 0 bridgehead atoms. The molecule has 0 unspecified atom stereocenters. The summed E-state index contributed by atoms with van der Waals surface area (Å²) in [5.41, 5.74) is -0.367. The molecule has 0 aliphatic carbocycles. The molecule has 1 aromatic rings. The third-order valence-electron chi connectivity index (χ3n) is 2.09. The summed E-state index contributed by atoms with van der Waals surface area (Å²) in [5.74, 6) is -0.529. The predicted octanol–water partition coefficient (Wildman–Crippen LogP) is 0.758. The number of esters is 1. The van der Waals surface area contributed by atoms with Gasteiger partial charge in [0.05, 0.1) is 25.1 Å². The van der Waals surface area contributed by atoms with Gasteiger partial charge < -0.3 is 14.8 Å². The van der Waals surface area contributed by atoms with Crippen LogP contribution in [-0.2, 0) is 9.53 Å². The average molecular weight is 270 g/mol. The Morgan fingerprint density at radius 2 is 2.26 bits per heavy atom. The van der Waals surface area contributed by atoms with Crippen LogP contribution in [0.15, 0.2) is 6.33 Å². The number of nitrogens with one attached hydrogen (secondary N) is 1. The minimum absolute atomic E-state index is 0.00106. The van der Waals surface area contributed by atoms with E-state index in [1.807, 2.05) is 0 Å². The van der Waals surface area contributed by atoms with E-state index in [1.165, 1.54) is 7.11 Å². The molecule has 1 heterocycles. The Hall–Kier alpha value is -2.45. The standard InChI is InChI=1S/C10H14N4O5/c1-3-19-7(15)4-5-11-9-8(14(16)17)10(18-2)13-6-12-9/h6H,3-5H2,1-2H3,(H,11,12,13). The lowest BCUT2D eigenvalue weighted by atomic mass is 10.4. The van der Waals surface area contributed by atoms with E-state index in [9.17, 15) is 14.9 Å². The molecule has 0 aliphatic rings. The van der Waals surface area contributed by atoms with Crippen molar-refractivity contribution in [2.24, 2.45) is 0 Å². The third kappa shape index (κ3) is 4.05. The highest BCUT2D eigenvalue weighted by molar-refractivity contribution is 5.70. The largest absolute Gasteiger partial charge is 0.476 e. The highest BCUT2D eigenvalue weighted by atomic mass is 16.6. The van der Waals surface area contributed by atoms with Crippen LogP contribution < -0.4 is 10.1 Å². The van der Waals surface area contributed by atoms with Crippen molar-refractivity contribution < 1.29 is 19.2 Å². The fourth-order valence-electron chi connectivity index (χ4n) is 1.32. The highest BCUT2D eigenvalue weighted by Gasteiger charge is 2.23. The van der Waals surface area contributed by atoms with E-state index in [0.717, 1.165) is 6.33 Å². The van der Waals surface area contributed by atoms with Crippen LogP contribution in [0.4, 0.5) is 11.5 Å². The number of aromatic nitrogens is 2. The second-order valence-electron chi connectivity index (χ2n) is 3.32. The van der Waals surface area contributed by atoms with Gasteiger partial charge in [0.1, 0.15) is 6.33 Å². The molecule has 19 heavy (non-hydrogen) atoms. The number of nitro groups is 1. The van der Waals surface area contributed by atoms with Crippen LogP contribution in [0.1, 0.15) is 13.3 Å². The molecule has 0 aliphatic heterocycles. The number of anilines is 1. The average Bonchev–Trinajstić information content (AvgIpc) is 2.38. The molecule has 0 radical (unpaired) electrons. The maximum atomic E-state index is 11.1. The Morgan fingerprint density at radius 1 is 1.53 bits per heavy atom. The van der Waals surface area contributed by atoms with Gasteiger partial charge in [0, 0.05) is 6.54 Å². The van der Waals surface area contributed by atoms with E-state index in [0.29, 0.717) is 6.61 Å². The van der Waals surface area contributed by atoms with Gasteiger partial charge in [-0.25, -0.2) is 4.98 Å². The zero-order valence-electron chi connectivity index (χ0n) is 10.6. The SMILES string of the molecule is CCOC(=O)CCNc1ncnc(OC)c1[N+](=O)[O-]. The molecule has 0 atom stereocenters. The third-order valence-corrected chi connectivity index (χ3v) is 2.09. The Morgan fingerprint density at radius 3 is 2.84 bits per heavy atom.